The summed E-state index contributed by atoms with van der Waals surface area (Å²) in [4.78, 5) is 1.12. The summed E-state index contributed by atoms with van der Waals surface area (Å²) in [5.41, 5.74) is 5.46. The molecule has 3 N–H and O–H groups in total. The number of thioether (sulfide) groups is 1. The minimum atomic E-state index is 0.0889. The van der Waals surface area contributed by atoms with Gasteiger partial charge in [-0.1, -0.05) is 6.92 Å². The second kappa shape index (κ2) is 6.00. The number of nitrogens with one attached hydrogen (secondary N) is 1. The van der Waals surface area contributed by atoms with Gasteiger partial charge in [-0.05, 0) is 18.2 Å². The van der Waals surface area contributed by atoms with E-state index >= 15 is 0 Å². The zero-order chi connectivity index (χ0) is 13.0. The Morgan fingerprint density at radius 1 is 1.39 bits per heavy atom. The first kappa shape index (κ1) is 13.1. The summed E-state index contributed by atoms with van der Waals surface area (Å²) in [5.74, 6) is 2.75. The van der Waals surface area contributed by atoms with Crippen LogP contribution >= 0.6 is 11.8 Å². The van der Waals surface area contributed by atoms with Crippen molar-refractivity contribution in [1.29, 1.82) is 5.41 Å². The average Bonchev–Trinajstić information content (AvgIpc) is 2.60. The molecule has 1 aliphatic rings. The van der Waals surface area contributed by atoms with Gasteiger partial charge in [0.25, 0.3) is 0 Å². The first-order valence-corrected chi connectivity index (χ1v) is 7.01. The fourth-order valence-corrected chi connectivity index (χ4v) is 2.52. The van der Waals surface area contributed by atoms with E-state index in [1.165, 1.54) is 0 Å². The van der Waals surface area contributed by atoms with Crippen molar-refractivity contribution in [2.75, 3.05) is 19.0 Å². The van der Waals surface area contributed by atoms with Gasteiger partial charge < -0.3 is 15.2 Å². The van der Waals surface area contributed by atoms with Crippen LogP contribution in [0.1, 0.15) is 13.3 Å². The van der Waals surface area contributed by atoms with Crippen LogP contribution in [0.3, 0.4) is 0 Å². The van der Waals surface area contributed by atoms with Gasteiger partial charge in [0, 0.05) is 23.0 Å². The predicted molar refractivity (Wildman–Crippen MR) is 73.9 cm³/mol. The van der Waals surface area contributed by atoms with Crippen molar-refractivity contribution in [2.45, 2.75) is 18.2 Å². The van der Waals surface area contributed by atoms with E-state index in [0.717, 1.165) is 28.6 Å². The number of amidine groups is 1. The Hall–Kier alpha value is -1.36. The second-order valence-electron chi connectivity index (χ2n) is 4.33. The monoisotopic (exact) mass is 266 g/mol. The number of hydrogen-bond donors (Lipinski definition) is 2. The highest BCUT2D eigenvalue weighted by molar-refractivity contribution is 7.99. The molecule has 5 heteroatoms. The van der Waals surface area contributed by atoms with Crippen LogP contribution in [0.5, 0.6) is 11.5 Å². The minimum absolute atomic E-state index is 0.0889. The van der Waals surface area contributed by atoms with E-state index in [0.29, 0.717) is 13.2 Å². The minimum Gasteiger partial charge on any atom is -0.490 e. The predicted octanol–water partition coefficient (Wildman–Crippen LogP) is 2.51. The quantitative estimate of drug-likeness (QED) is 0.499. The van der Waals surface area contributed by atoms with Crippen LogP contribution in [-0.2, 0) is 0 Å². The van der Waals surface area contributed by atoms with E-state index in [1.807, 2.05) is 25.1 Å². The summed E-state index contributed by atoms with van der Waals surface area (Å²) in [6, 6.07) is 5.96. The maximum atomic E-state index is 7.37. The molecule has 1 heterocycles. The molecule has 0 aromatic heterocycles. The van der Waals surface area contributed by atoms with Gasteiger partial charge in [-0.2, -0.15) is 0 Å². The number of fused-ring (bicyclic) bond motifs is 1. The van der Waals surface area contributed by atoms with Crippen molar-refractivity contribution < 1.29 is 9.47 Å². The van der Waals surface area contributed by atoms with E-state index in [4.69, 9.17) is 20.6 Å². The second-order valence-corrected chi connectivity index (χ2v) is 5.42. The van der Waals surface area contributed by atoms with Crippen molar-refractivity contribution in [1.82, 2.24) is 0 Å². The summed E-state index contributed by atoms with van der Waals surface area (Å²) in [6.45, 7) is 3.37. The third kappa shape index (κ3) is 3.32. The first-order valence-electron chi connectivity index (χ1n) is 6.03. The molecule has 0 radical (unpaired) electrons. The van der Waals surface area contributed by atoms with Gasteiger partial charge in [0.15, 0.2) is 11.5 Å². The van der Waals surface area contributed by atoms with E-state index in [-0.39, 0.29) is 11.8 Å². The lowest BCUT2D eigenvalue weighted by atomic mass is 10.2. The van der Waals surface area contributed by atoms with E-state index < -0.39 is 0 Å². The molecule has 0 spiro atoms. The Bertz CT molecular complexity index is 437. The third-order valence-corrected chi connectivity index (χ3v) is 4.00. The third-order valence-electron chi connectivity index (χ3n) is 2.75. The molecule has 1 aliphatic heterocycles. The molecule has 18 heavy (non-hydrogen) atoms. The lowest BCUT2D eigenvalue weighted by molar-refractivity contribution is 0.297. The smallest absolute Gasteiger partial charge is 0.162 e. The van der Waals surface area contributed by atoms with Crippen LogP contribution in [0, 0.1) is 11.3 Å². The first-order chi connectivity index (χ1) is 8.66. The lowest BCUT2D eigenvalue weighted by Crippen LogP contribution is -2.21. The Balaban J connectivity index is 2.02. The molecule has 0 bridgehead atoms. The van der Waals surface area contributed by atoms with Gasteiger partial charge in [-0.15, -0.1) is 11.8 Å². The van der Waals surface area contributed by atoms with Crippen molar-refractivity contribution in [3.63, 3.8) is 0 Å². The molecule has 2 rings (SSSR count). The van der Waals surface area contributed by atoms with E-state index in [2.05, 4.69) is 0 Å². The molecule has 0 saturated carbocycles. The summed E-state index contributed by atoms with van der Waals surface area (Å²) in [6.07, 6.45) is 0.915. The molecular formula is C13H18N2O2S. The molecule has 1 aromatic rings. The van der Waals surface area contributed by atoms with E-state index in [1.54, 1.807) is 11.8 Å². The van der Waals surface area contributed by atoms with Gasteiger partial charge >= 0.3 is 0 Å². The van der Waals surface area contributed by atoms with Gasteiger partial charge in [0.2, 0.25) is 0 Å². The summed E-state index contributed by atoms with van der Waals surface area (Å²) in [7, 11) is 0. The van der Waals surface area contributed by atoms with Crippen LogP contribution < -0.4 is 15.2 Å². The highest BCUT2D eigenvalue weighted by Crippen LogP contribution is 2.34. The maximum Gasteiger partial charge on any atom is 0.162 e. The average molecular weight is 266 g/mol. The van der Waals surface area contributed by atoms with Gasteiger partial charge in [0.05, 0.1) is 19.0 Å². The number of hydrogen-bond acceptors (Lipinski definition) is 4. The maximum absolute atomic E-state index is 7.37. The molecule has 98 valence electrons. The van der Waals surface area contributed by atoms with Crippen LogP contribution in [0.15, 0.2) is 23.1 Å². The van der Waals surface area contributed by atoms with Crippen LogP contribution in [0.2, 0.25) is 0 Å². The Labute approximate surface area is 111 Å². The summed E-state index contributed by atoms with van der Waals surface area (Å²) in [5, 5.41) is 7.37. The zero-order valence-corrected chi connectivity index (χ0v) is 11.3. The highest BCUT2D eigenvalue weighted by Gasteiger charge is 2.12. The molecule has 0 amide bonds. The van der Waals surface area contributed by atoms with Crippen LogP contribution in [0.25, 0.3) is 0 Å². The molecule has 0 aliphatic carbocycles. The molecule has 0 saturated heterocycles. The fraction of sp³-hybridized carbons (Fsp3) is 0.462. The number of nitrogens with two attached hydrogens (primary N) is 1. The molecule has 1 aromatic carbocycles. The topological polar surface area (TPSA) is 68.3 Å². The number of rotatable bonds is 4. The van der Waals surface area contributed by atoms with Crippen molar-refractivity contribution >= 4 is 17.6 Å². The van der Waals surface area contributed by atoms with E-state index in [9.17, 15) is 0 Å². The molecular weight excluding hydrogens is 248 g/mol. The van der Waals surface area contributed by atoms with Crippen molar-refractivity contribution in [3.05, 3.63) is 18.2 Å². The Morgan fingerprint density at radius 3 is 2.83 bits per heavy atom. The SMILES string of the molecule is CC(CSc1ccc2c(c1)OCCCO2)C(=N)N. The molecule has 1 unspecified atom stereocenters. The molecule has 0 fully saturated rings. The standard InChI is InChI=1S/C13H18N2O2S/c1-9(13(14)15)8-18-10-3-4-11-12(7-10)17-6-2-5-16-11/h3-4,7,9H,2,5-6,8H2,1H3,(H3,14,15). The number of ether oxygens (including phenoxy) is 2. The largest absolute Gasteiger partial charge is 0.490 e. The fourth-order valence-electron chi connectivity index (χ4n) is 1.54. The van der Waals surface area contributed by atoms with Crippen molar-refractivity contribution in [2.24, 2.45) is 11.7 Å². The zero-order valence-electron chi connectivity index (χ0n) is 10.4. The van der Waals surface area contributed by atoms with Crippen LogP contribution in [0.4, 0.5) is 0 Å². The normalized spacial score (nSPS) is 15.8. The van der Waals surface area contributed by atoms with Crippen molar-refractivity contribution in [3.8, 4) is 11.5 Å². The van der Waals surface area contributed by atoms with Crippen LogP contribution in [-0.4, -0.2) is 24.8 Å². The van der Waals surface area contributed by atoms with Gasteiger partial charge in [-0.25, -0.2) is 0 Å². The summed E-state index contributed by atoms with van der Waals surface area (Å²) < 4.78 is 11.2. The van der Waals surface area contributed by atoms with Gasteiger partial charge in [0.1, 0.15) is 0 Å². The lowest BCUT2D eigenvalue weighted by Gasteiger charge is -2.11. The highest BCUT2D eigenvalue weighted by atomic mass is 32.2. The molecule has 1 atom stereocenters. The Morgan fingerprint density at radius 2 is 2.11 bits per heavy atom. The molecule has 4 nitrogen and oxygen atoms in total. The summed E-state index contributed by atoms with van der Waals surface area (Å²) >= 11 is 1.68. The number of benzene rings is 1. The van der Waals surface area contributed by atoms with Gasteiger partial charge in [-0.3, -0.25) is 5.41 Å². The Kier molecular flexibility index (Phi) is 4.36.